The van der Waals surface area contributed by atoms with E-state index in [1.165, 1.54) is 5.56 Å². The first kappa shape index (κ1) is 15.5. The Morgan fingerprint density at radius 1 is 1.14 bits per heavy atom. The molecule has 0 saturated heterocycles. The molecule has 1 aliphatic rings. The normalized spacial score (nSPS) is 14.6. The summed E-state index contributed by atoms with van der Waals surface area (Å²) in [5.74, 6) is -0.376. The van der Waals surface area contributed by atoms with Gasteiger partial charge in [0, 0.05) is 12.6 Å². The van der Waals surface area contributed by atoms with E-state index >= 15 is 0 Å². The molecule has 1 aromatic carbocycles. The lowest BCUT2D eigenvalue weighted by Crippen LogP contribution is -2.48. The maximum atomic E-state index is 12.1. The molecule has 1 aliphatic carbocycles. The summed E-state index contributed by atoms with van der Waals surface area (Å²) in [6, 6.07) is 10.5. The van der Waals surface area contributed by atoms with Crippen LogP contribution in [0.15, 0.2) is 30.3 Å². The Morgan fingerprint density at radius 3 is 2.43 bits per heavy atom. The molecule has 0 radical (unpaired) electrons. The van der Waals surface area contributed by atoms with Crippen molar-refractivity contribution in [1.82, 2.24) is 10.6 Å². The summed E-state index contributed by atoms with van der Waals surface area (Å²) in [5.41, 5.74) is 0.257. The third-order valence-electron chi connectivity index (χ3n) is 3.82. The molecule has 2 rings (SSSR count). The first-order valence-electron chi connectivity index (χ1n) is 7.63. The highest BCUT2D eigenvalue weighted by Gasteiger charge is 2.38. The fourth-order valence-corrected chi connectivity index (χ4v) is 2.06. The van der Waals surface area contributed by atoms with E-state index in [1.54, 1.807) is 13.8 Å². The van der Waals surface area contributed by atoms with Crippen LogP contribution in [-0.2, 0) is 16.0 Å². The molecule has 4 nitrogen and oxygen atoms in total. The molecular weight excluding hydrogens is 264 g/mol. The van der Waals surface area contributed by atoms with Crippen LogP contribution in [0, 0.1) is 5.41 Å². The Balaban J connectivity index is 1.71. The van der Waals surface area contributed by atoms with Crippen molar-refractivity contribution in [3.8, 4) is 0 Å². The van der Waals surface area contributed by atoms with Gasteiger partial charge < -0.3 is 10.6 Å². The molecule has 1 saturated carbocycles. The summed E-state index contributed by atoms with van der Waals surface area (Å²) in [7, 11) is 0. The number of hydrogen-bond acceptors (Lipinski definition) is 2. The van der Waals surface area contributed by atoms with Crippen molar-refractivity contribution in [2.75, 3.05) is 6.54 Å². The van der Waals surface area contributed by atoms with Crippen molar-refractivity contribution in [3.05, 3.63) is 35.9 Å². The SMILES string of the molecule is CC(C)(C(=O)NCCCc1ccccc1)C(=O)NC1CC1. The second kappa shape index (κ2) is 6.74. The first-order valence-corrected chi connectivity index (χ1v) is 7.63. The molecule has 0 heterocycles. The minimum absolute atomic E-state index is 0.175. The topological polar surface area (TPSA) is 58.2 Å². The average Bonchev–Trinajstić information content (AvgIpc) is 3.28. The summed E-state index contributed by atoms with van der Waals surface area (Å²) in [6.45, 7) is 3.95. The van der Waals surface area contributed by atoms with Gasteiger partial charge in [-0.3, -0.25) is 9.59 Å². The number of hydrogen-bond donors (Lipinski definition) is 2. The van der Waals surface area contributed by atoms with Gasteiger partial charge in [0.2, 0.25) is 11.8 Å². The first-order chi connectivity index (χ1) is 10.00. The van der Waals surface area contributed by atoms with E-state index in [0.29, 0.717) is 6.54 Å². The Bertz CT molecular complexity index is 493. The number of carbonyl (C=O) groups excluding carboxylic acids is 2. The number of rotatable bonds is 7. The molecule has 0 aromatic heterocycles. The van der Waals surface area contributed by atoms with Crippen molar-refractivity contribution < 1.29 is 9.59 Å². The van der Waals surface area contributed by atoms with Crippen molar-refractivity contribution >= 4 is 11.8 Å². The van der Waals surface area contributed by atoms with E-state index in [1.807, 2.05) is 18.2 Å². The van der Waals surface area contributed by atoms with Gasteiger partial charge in [0.15, 0.2) is 0 Å². The minimum Gasteiger partial charge on any atom is -0.355 e. The van der Waals surface area contributed by atoms with E-state index in [2.05, 4.69) is 22.8 Å². The van der Waals surface area contributed by atoms with Crippen molar-refractivity contribution in [2.24, 2.45) is 5.41 Å². The lowest BCUT2D eigenvalue weighted by Gasteiger charge is -2.22. The summed E-state index contributed by atoms with van der Waals surface area (Å²) in [6.07, 6.45) is 3.85. The summed E-state index contributed by atoms with van der Waals surface area (Å²) in [5, 5.41) is 5.76. The molecule has 0 bridgehead atoms. The van der Waals surface area contributed by atoms with Crippen molar-refractivity contribution in [2.45, 2.75) is 45.6 Å². The zero-order valence-corrected chi connectivity index (χ0v) is 12.8. The molecule has 114 valence electrons. The van der Waals surface area contributed by atoms with Gasteiger partial charge >= 0.3 is 0 Å². The van der Waals surface area contributed by atoms with E-state index in [0.717, 1.165) is 25.7 Å². The predicted molar refractivity (Wildman–Crippen MR) is 82.7 cm³/mol. The third kappa shape index (κ3) is 4.59. The fraction of sp³-hybridized carbons (Fsp3) is 0.529. The Labute approximate surface area is 126 Å². The molecule has 2 amide bonds. The predicted octanol–water partition coefficient (Wildman–Crippen LogP) is 2.04. The number of benzene rings is 1. The van der Waals surface area contributed by atoms with Gasteiger partial charge in [0.1, 0.15) is 5.41 Å². The van der Waals surface area contributed by atoms with Gasteiger partial charge in [0.05, 0.1) is 0 Å². The maximum absolute atomic E-state index is 12.1. The van der Waals surface area contributed by atoms with Gasteiger partial charge in [-0.05, 0) is 45.1 Å². The van der Waals surface area contributed by atoms with Crippen LogP contribution in [0.4, 0.5) is 0 Å². The monoisotopic (exact) mass is 288 g/mol. The van der Waals surface area contributed by atoms with Crippen molar-refractivity contribution in [1.29, 1.82) is 0 Å². The molecule has 0 spiro atoms. The third-order valence-corrected chi connectivity index (χ3v) is 3.82. The summed E-state index contributed by atoms with van der Waals surface area (Å²) in [4.78, 5) is 24.2. The Kier molecular flexibility index (Phi) is 4.99. The van der Waals surface area contributed by atoms with Gasteiger partial charge in [0.25, 0.3) is 0 Å². The molecule has 4 heteroatoms. The van der Waals surface area contributed by atoms with E-state index in [4.69, 9.17) is 0 Å². The molecule has 2 N–H and O–H groups in total. The lowest BCUT2D eigenvalue weighted by atomic mass is 9.91. The number of aryl methyl sites for hydroxylation is 1. The van der Waals surface area contributed by atoms with Crippen LogP contribution in [0.5, 0.6) is 0 Å². The van der Waals surface area contributed by atoms with Gasteiger partial charge in [-0.2, -0.15) is 0 Å². The number of amides is 2. The van der Waals surface area contributed by atoms with Crippen LogP contribution in [0.2, 0.25) is 0 Å². The molecule has 0 aliphatic heterocycles. The van der Waals surface area contributed by atoms with Crippen LogP contribution in [-0.4, -0.2) is 24.4 Å². The smallest absolute Gasteiger partial charge is 0.235 e. The standard InChI is InChI=1S/C17H24N2O2/c1-17(2,16(21)19-14-10-11-14)15(20)18-12-6-9-13-7-4-3-5-8-13/h3-5,7-8,14H,6,9-12H2,1-2H3,(H,18,20)(H,19,21). The van der Waals surface area contributed by atoms with Gasteiger partial charge in [-0.25, -0.2) is 0 Å². The quantitative estimate of drug-likeness (QED) is 0.596. The molecule has 21 heavy (non-hydrogen) atoms. The summed E-state index contributed by atoms with van der Waals surface area (Å²) < 4.78 is 0. The van der Waals surface area contributed by atoms with Crippen LogP contribution in [0.3, 0.4) is 0 Å². The van der Waals surface area contributed by atoms with Crippen LogP contribution < -0.4 is 10.6 Å². The van der Waals surface area contributed by atoms with Gasteiger partial charge in [-0.1, -0.05) is 30.3 Å². The Hall–Kier alpha value is -1.84. The average molecular weight is 288 g/mol. The Morgan fingerprint density at radius 2 is 1.81 bits per heavy atom. The molecule has 1 aromatic rings. The zero-order valence-electron chi connectivity index (χ0n) is 12.8. The highest BCUT2D eigenvalue weighted by molar-refractivity contribution is 6.04. The van der Waals surface area contributed by atoms with E-state index in [-0.39, 0.29) is 17.9 Å². The van der Waals surface area contributed by atoms with Crippen LogP contribution >= 0.6 is 0 Å². The number of carbonyl (C=O) groups is 2. The second-order valence-corrected chi connectivity index (χ2v) is 6.22. The molecule has 0 atom stereocenters. The van der Waals surface area contributed by atoms with E-state index in [9.17, 15) is 9.59 Å². The highest BCUT2D eigenvalue weighted by atomic mass is 16.2. The van der Waals surface area contributed by atoms with Crippen LogP contribution in [0.25, 0.3) is 0 Å². The van der Waals surface area contributed by atoms with Crippen molar-refractivity contribution in [3.63, 3.8) is 0 Å². The largest absolute Gasteiger partial charge is 0.355 e. The minimum atomic E-state index is -1.00. The second-order valence-electron chi connectivity index (χ2n) is 6.22. The molecular formula is C17H24N2O2. The highest BCUT2D eigenvalue weighted by Crippen LogP contribution is 2.22. The number of nitrogens with one attached hydrogen (secondary N) is 2. The van der Waals surface area contributed by atoms with E-state index < -0.39 is 5.41 Å². The maximum Gasteiger partial charge on any atom is 0.235 e. The van der Waals surface area contributed by atoms with Crippen LogP contribution in [0.1, 0.15) is 38.7 Å². The van der Waals surface area contributed by atoms with Gasteiger partial charge in [-0.15, -0.1) is 0 Å². The zero-order chi connectivity index (χ0) is 15.3. The lowest BCUT2D eigenvalue weighted by molar-refractivity contribution is -0.141. The summed E-state index contributed by atoms with van der Waals surface area (Å²) >= 11 is 0. The molecule has 1 fully saturated rings. The molecule has 0 unspecified atom stereocenters. The fourth-order valence-electron chi connectivity index (χ4n) is 2.06.